The summed E-state index contributed by atoms with van der Waals surface area (Å²) in [6.07, 6.45) is 0. The molecule has 0 bridgehead atoms. The number of carbonyl (C=O) groups is 1. The highest BCUT2D eigenvalue weighted by Gasteiger charge is 2.21. The van der Waals surface area contributed by atoms with Gasteiger partial charge in [-0.15, -0.1) is 0 Å². The van der Waals surface area contributed by atoms with Crippen molar-refractivity contribution in [3.63, 3.8) is 0 Å². The fourth-order valence-corrected chi connectivity index (χ4v) is 3.24. The number of carbonyl (C=O) groups excluding carboxylic acids is 1. The number of anilines is 1. The Bertz CT molecular complexity index is 746. The van der Waals surface area contributed by atoms with Crippen LogP contribution in [0.1, 0.15) is 5.56 Å². The number of hydrogen-bond donors (Lipinski definition) is 1. The first-order valence-corrected chi connectivity index (χ1v) is 8.76. The number of nitrogens with zero attached hydrogens (tertiary/aromatic N) is 2. The summed E-state index contributed by atoms with van der Waals surface area (Å²) in [6.45, 7) is 2.99. The highest BCUT2D eigenvalue weighted by Crippen LogP contribution is 2.21. The van der Waals surface area contributed by atoms with Crippen LogP contribution in [0.5, 0.6) is 0 Å². The second-order valence-electron chi connectivity index (χ2n) is 5.84. The first kappa shape index (κ1) is 17.8. The smallest absolute Gasteiger partial charge is 0.317 e. The molecule has 25 heavy (non-hydrogen) atoms. The van der Waals surface area contributed by atoms with Crippen LogP contribution in [-0.2, 0) is 6.54 Å². The third-order valence-corrected chi connectivity index (χ3v) is 4.79. The number of rotatable bonds is 3. The Balaban J connectivity index is 1.50. The molecule has 2 amide bonds. The van der Waals surface area contributed by atoms with Gasteiger partial charge in [-0.2, -0.15) is 0 Å². The Morgan fingerprint density at radius 3 is 2.36 bits per heavy atom. The second-order valence-corrected chi connectivity index (χ2v) is 6.69. The summed E-state index contributed by atoms with van der Waals surface area (Å²) in [5, 5.41) is 3.99. The van der Waals surface area contributed by atoms with E-state index >= 15 is 0 Å². The molecule has 1 heterocycles. The Morgan fingerprint density at radius 1 is 1.04 bits per heavy atom. The lowest BCUT2D eigenvalue weighted by molar-refractivity contribution is 0.194. The molecule has 3 rings (SSSR count). The van der Waals surface area contributed by atoms with Crippen LogP contribution in [0.15, 0.2) is 42.5 Å². The van der Waals surface area contributed by atoms with E-state index in [0.29, 0.717) is 42.8 Å². The molecule has 7 heteroatoms. The van der Waals surface area contributed by atoms with Gasteiger partial charge < -0.3 is 15.1 Å². The van der Waals surface area contributed by atoms with Crippen LogP contribution < -0.4 is 10.2 Å². The van der Waals surface area contributed by atoms with Gasteiger partial charge in [0, 0.05) is 48.5 Å². The van der Waals surface area contributed by atoms with E-state index in [1.54, 1.807) is 35.2 Å². The zero-order valence-electron chi connectivity index (χ0n) is 13.5. The zero-order chi connectivity index (χ0) is 17.8. The normalized spacial score (nSPS) is 14.5. The van der Waals surface area contributed by atoms with Crippen molar-refractivity contribution >= 4 is 34.9 Å². The summed E-state index contributed by atoms with van der Waals surface area (Å²) in [5.41, 5.74) is 1.79. The van der Waals surface area contributed by atoms with E-state index in [1.807, 2.05) is 0 Å². The van der Waals surface area contributed by atoms with Crippen LogP contribution in [-0.4, -0.2) is 37.1 Å². The van der Waals surface area contributed by atoms with E-state index < -0.39 is 0 Å². The molecule has 1 saturated heterocycles. The summed E-state index contributed by atoms with van der Waals surface area (Å²) in [4.78, 5) is 16.2. The van der Waals surface area contributed by atoms with Crippen LogP contribution in [0.2, 0.25) is 10.0 Å². The fourth-order valence-electron chi connectivity index (χ4n) is 2.77. The molecule has 0 aliphatic carbocycles. The van der Waals surface area contributed by atoms with Gasteiger partial charge in [0.2, 0.25) is 0 Å². The third kappa shape index (κ3) is 4.55. The highest BCUT2D eigenvalue weighted by molar-refractivity contribution is 6.35. The van der Waals surface area contributed by atoms with Crippen LogP contribution in [0, 0.1) is 5.82 Å². The van der Waals surface area contributed by atoms with Crippen LogP contribution in [0.4, 0.5) is 14.9 Å². The molecule has 0 saturated carbocycles. The average Bonchev–Trinajstić information content (AvgIpc) is 2.61. The van der Waals surface area contributed by atoms with E-state index in [0.717, 1.165) is 11.3 Å². The van der Waals surface area contributed by atoms with Crippen molar-refractivity contribution < 1.29 is 9.18 Å². The lowest BCUT2D eigenvalue weighted by Gasteiger charge is -2.36. The van der Waals surface area contributed by atoms with Crippen LogP contribution in [0.3, 0.4) is 0 Å². The zero-order valence-corrected chi connectivity index (χ0v) is 15.0. The molecule has 1 fully saturated rings. The maximum atomic E-state index is 13.0. The monoisotopic (exact) mass is 381 g/mol. The Kier molecular flexibility index (Phi) is 5.66. The topological polar surface area (TPSA) is 35.6 Å². The second kappa shape index (κ2) is 7.93. The Morgan fingerprint density at radius 2 is 1.72 bits per heavy atom. The lowest BCUT2D eigenvalue weighted by atomic mass is 10.2. The van der Waals surface area contributed by atoms with Crippen molar-refractivity contribution in [1.82, 2.24) is 10.2 Å². The largest absolute Gasteiger partial charge is 0.368 e. The molecule has 4 nitrogen and oxygen atoms in total. The van der Waals surface area contributed by atoms with Gasteiger partial charge in [-0.1, -0.05) is 29.3 Å². The number of benzene rings is 2. The Labute approximate surface area is 156 Å². The van der Waals surface area contributed by atoms with Gasteiger partial charge in [-0.05, 0) is 42.0 Å². The van der Waals surface area contributed by atoms with Crippen molar-refractivity contribution in [1.29, 1.82) is 0 Å². The summed E-state index contributed by atoms with van der Waals surface area (Å²) in [7, 11) is 0. The summed E-state index contributed by atoms with van der Waals surface area (Å²) < 4.78 is 13.0. The van der Waals surface area contributed by atoms with Gasteiger partial charge in [-0.25, -0.2) is 9.18 Å². The maximum Gasteiger partial charge on any atom is 0.317 e. The number of hydrogen-bond acceptors (Lipinski definition) is 2. The molecular formula is C18H18Cl2FN3O. The summed E-state index contributed by atoms with van der Waals surface area (Å²) in [5.74, 6) is -0.248. The average molecular weight is 382 g/mol. The lowest BCUT2D eigenvalue weighted by Crippen LogP contribution is -2.51. The van der Waals surface area contributed by atoms with Gasteiger partial charge in [0.25, 0.3) is 0 Å². The minimum Gasteiger partial charge on any atom is -0.368 e. The minimum absolute atomic E-state index is 0.121. The van der Waals surface area contributed by atoms with Crippen molar-refractivity contribution in [2.75, 3.05) is 31.1 Å². The fraction of sp³-hybridized carbons (Fsp3) is 0.278. The third-order valence-electron chi connectivity index (χ3n) is 4.20. The number of nitrogens with one attached hydrogen (secondary N) is 1. The van der Waals surface area contributed by atoms with Crippen molar-refractivity contribution in [3.05, 3.63) is 63.9 Å². The first-order chi connectivity index (χ1) is 12.0. The molecule has 0 aromatic heterocycles. The van der Waals surface area contributed by atoms with Crippen molar-refractivity contribution in [3.8, 4) is 0 Å². The van der Waals surface area contributed by atoms with E-state index in [2.05, 4.69) is 10.2 Å². The SMILES string of the molecule is O=C(NCc1ccc(Cl)cc1Cl)N1CCN(c2ccc(F)cc2)CC1. The molecule has 1 N–H and O–H groups in total. The van der Waals surface area contributed by atoms with Gasteiger partial charge >= 0.3 is 6.03 Å². The summed E-state index contributed by atoms with van der Waals surface area (Å²) >= 11 is 12.0. The molecule has 2 aromatic rings. The summed E-state index contributed by atoms with van der Waals surface area (Å²) in [6, 6.07) is 11.5. The first-order valence-electron chi connectivity index (χ1n) is 8.00. The molecule has 2 aromatic carbocycles. The number of halogens is 3. The van der Waals surface area contributed by atoms with Gasteiger partial charge in [0.15, 0.2) is 0 Å². The van der Waals surface area contributed by atoms with Crippen LogP contribution in [0.25, 0.3) is 0 Å². The standard InChI is InChI=1S/C18H18Cl2FN3O/c19-14-2-1-13(17(20)11-14)12-22-18(25)24-9-7-23(8-10-24)16-5-3-15(21)4-6-16/h1-6,11H,7-10,12H2,(H,22,25). The Hall–Kier alpha value is -1.98. The van der Waals surface area contributed by atoms with Crippen molar-refractivity contribution in [2.45, 2.75) is 6.54 Å². The molecule has 132 valence electrons. The minimum atomic E-state index is -0.248. The van der Waals surface area contributed by atoms with Crippen molar-refractivity contribution in [2.24, 2.45) is 0 Å². The molecule has 1 aliphatic heterocycles. The van der Waals surface area contributed by atoms with E-state index in [9.17, 15) is 9.18 Å². The molecular weight excluding hydrogens is 364 g/mol. The maximum absolute atomic E-state index is 13.0. The molecule has 0 atom stereocenters. The molecule has 1 aliphatic rings. The molecule has 0 radical (unpaired) electrons. The molecule has 0 unspecified atom stereocenters. The predicted octanol–water partition coefficient (Wildman–Crippen LogP) is 4.16. The number of piperazine rings is 1. The van der Waals surface area contributed by atoms with Gasteiger partial charge in [0.05, 0.1) is 0 Å². The highest BCUT2D eigenvalue weighted by atomic mass is 35.5. The quantitative estimate of drug-likeness (QED) is 0.865. The van der Waals surface area contributed by atoms with E-state index in [4.69, 9.17) is 23.2 Å². The van der Waals surface area contributed by atoms with Gasteiger partial charge in [-0.3, -0.25) is 0 Å². The predicted molar refractivity (Wildman–Crippen MR) is 98.9 cm³/mol. The van der Waals surface area contributed by atoms with E-state index in [1.165, 1.54) is 12.1 Å². The van der Waals surface area contributed by atoms with E-state index in [-0.39, 0.29) is 11.8 Å². The number of urea groups is 1. The van der Waals surface area contributed by atoms with Crippen LogP contribution >= 0.6 is 23.2 Å². The number of amides is 2. The molecule has 0 spiro atoms. The van der Waals surface area contributed by atoms with Gasteiger partial charge in [0.1, 0.15) is 5.82 Å².